The molecule has 0 saturated carbocycles. The minimum Gasteiger partial charge on any atom is -0.383 e. The molecule has 4 nitrogen and oxygen atoms in total. The summed E-state index contributed by atoms with van der Waals surface area (Å²) < 4.78 is 18.9. The van der Waals surface area contributed by atoms with Crippen molar-refractivity contribution in [3.8, 4) is 0 Å². The normalized spacial score (nSPS) is 19.2. The highest BCUT2D eigenvalue weighted by molar-refractivity contribution is 6.30. The highest BCUT2D eigenvalue weighted by atomic mass is 35.5. The molecule has 1 heterocycles. The molecule has 18 heavy (non-hydrogen) atoms. The zero-order chi connectivity index (χ0) is 13.1. The predicted molar refractivity (Wildman–Crippen MR) is 69.2 cm³/mol. The number of nitrogens with two attached hydrogens (primary N) is 1. The van der Waals surface area contributed by atoms with Crippen molar-refractivity contribution in [2.24, 2.45) is 10.7 Å². The molecule has 1 aliphatic rings. The van der Waals surface area contributed by atoms with E-state index < -0.39 is 0 Å². The van der Waals surface area contributed by atoms with Crippen LogP contribution in [0.4, 0.5) is 4.39 Å². The van der Waals surface area contributed by atoms with Gasteiger partial charge in [-0.2, -0.15) is 0 Å². The van der Waals surface area contributed by atoms with Crippen molar-refractivity contribution in [2.75, 3.05) is 26.8 Å². The van der Waals surface area contributed by atoms with E-state index in [4.69, 9.17) is 22.1 Å². The van der Waals surface area contributed by atoms with Crippen molar-refractivity contribution >= 4 is 17.6 Å². The van der Waals surface area contributed by atoms with Crippen molar-refractivity contribution in [1.29, 1.82) is 0 Å². The van der Waals surface area contributed by atoms with E-state index in [0.717, 1.165) is 0 Å². The fraction of sp³-hybridized carbons (Fsp3) is 0.417. The molecule has 6 heteroatoms. The van der Waals surface area contributed by atoms with Crippen molar-refractivity contribution in [3.63, 3.8) is 0 Å². The third-order valence-corrected chi connectivity index (χ3v) is 3.19. The molecule has 2 N–H and O–H groups in total. The van der Waals surface area contributed by atoms with Crippen molar-refractivity contribution in [1.82, 2.24) is 4.90 Å². The van der Waals surface area contributed by atoms with Gasteiger partial charge >= 0.3 is 0 Å². The number of nitrogens with zero attached hydrogens (tertiary/aromatic N) is 2. The molecule has 0 bridgehead atoms. The lowest BCUT2D eigenvalue weighted by Gasteiger charge is -2.26. The molecule has 0 spiro atoms. The fourth-order valence-corrected chi connectivity index (χ4v) is 2.19. The van der Waals surface area contributed by atoms with E-state index in [0.29, 0.717) is 36.2 Å². The summed E-state index contributed by atoms with van der Waals surface area (Å²) in [5, 5.41) is 0.381. The van der Waals surface area contributed by atoms with E-state index in [2.05, 4.69) is 4.99 Å². The Kier molecular flexibility index (Phi) is 4.04. The number of halogens is 2. The van der Waals surface area contributed by atoms with Gasteiger partial charge in [-0.1, -0.05) is 17.7 Å². The van der Waals surface area contributed by atoms with E-state index in [1.54, 1.807) is 19.2 Å². The molecule has 0 fully saturated rings. The van der Waals surface area contributed by atoms with Crippen LogP contribution in [0.5, 0.6) is 0 Å². The number of rotatable bonds is 4. The lowest BCUT2D eigenvalue weighted by molar-refractivity contribution is 0.166. The third-order valence-electron chi connectivity index (χ3n) is 2.95. The Labute approximate surface area is 110 Å². The minimum absolute atomic E-state index is 0.183. The average Bonchev–Trinajstić information content (AvgIpc) is 2.68. The first-order valence-corrected chi connectivity index (χ1v) is 6.01. The molecule has 0 aromatic heterocycles. The molecule has 1 unspecified atom stereocenters. The van der Waals surface area contributed by atoms with Gasteiger partial charge in [0.25, 0.3) is 0 Å². The summed E-state index contributed by atoms with van der Waals surface area (Å²) in [6, 6.07) is 4.47. The molecule has 0 amide bonds. The third kappa shape index (κ3) is 2.57. The van der Waals surface area contributed by atoms with Crippen LogP contribution in [0.3, 0.4) is 0 Å². The quantitative estimate of drug-likeness (QED) is 0.908. The van der Waals surface area contributed by atoms with Gasteiger partial charge in [0.2, 0.25) is 0 Å². The first-order valence-electron chi connectivity index (χ1n) is 5.64. The maximum atomic E-state index is 13.9. The van der Waals surface area contributed by atoms with Crippen LogP contribution in [0.15, 0.2) is 23.2 Å². The van der Waals surface area contributed by atoms with Gasteiger partial charge in [0, 0.05) is 24.2 Å². The van der Waals surface area contributed by atoms with E-state index in [1.807, 2.05) is 4.90 Å². The predicted octanol–water partition coefficient (Wildman–Crippen LogP) is 1.80. The molecular weight excluding hydrogens is 257 g/mol. The number of aliphatic imine (C=N–C) groups is 1. The van der Waals surface area contributed by atoms with Crippen LogP contribution in [-0.2, 0) is 4.74 Å². The molecule has 1 atom stereocenters. The molecule has 2 rings (SSSR count). The van der Waals surface area contributed by atoms with Gasteiger partial charge in [0.1, 0.15) is 5.82 Å². The molecule has 1 aliphatic heterocycles. The summed E-state index contributed by atoms with van der Waals surface area (Å²) in [7, 11) is 1.61. The number of hydrogen-bond acceptors (Lipinski definition) is 4. The summed E-state index contributed by atoms with van der Waals surface area (Å²) in [6.07, 6.45) is 0. The second-order valence-corrected chi connectivity index (χ2v) is 4.50. The summed E-state index contributed by atoms with van der Waals surface area (Å²) in [6.45, 7) is 1.55. The standard InChI is InChI=1S/C12H15ClFN3O/c1-18-5-4-17-11(7-16-12(17)15)9-3-2-8(13)6-10(9)14/h2-3,6,11H,4-5,7H2,1H3,(H2,15,16). The maximum Gasteiger partial charge on any atom is 0.192 e. The Bertz CT molecular complexity index is 467. The highest BCUT2D eigenvalue weighted by Crippen LogP contribution is 2.28. The van der Waals surface area contributed by atoms with Crippen LogP contribution in [0, 0.1) is 5.82 Å². The Morgan fingerprint density at radius 1 is 1.61 bits per heavy atom. The summed E-state index contributed by atoms with van der Waals surface area (Å²) in [4.78, 5) is 6.00. The summed E-state index contributed by atoms with van der Waals surface area (Å²) in [5.41, 5.74) is 6.35. The SMILES string of the molecule is COCCN1C(N)=NCC1c1ccc(Cl)cc1F. The Balaban J connectivity index is 2.21. The second-order valence-electron chi connectivity index (χ2n) is 4.07. The van der Waals surface area contributed by atoms with Gasteiger partial charge in [-0.3, -0.25) is 4.99 Å². The van der Waals surface area contributed by atoms with E-state index >= 15 is 0 Å². The van der Waals surface area contributed by atoms with Gasteiger partial charge < -0.3 is 15.4 Å². The average molecular weight is 272 g/mol. The molecule has 0 aliphatic carbocycles. The zero-order valence-electron chi connectivity index (χ0n) is 10.1. The molecule has 0 saturated heterocycles. The lowest BCUT2D eigenvalue weighted by atomic mass is 10.1. The van der Waals surface area contributed by atoms with Gasteiger partial charge in [0.15, 0.2) is 5.96 Å². The van der Waals surface area contributed by atoms with Gasteiger partial charge in [-0.05, 0) is 12.1 Å². The van der Waals surface area contributed by atoms with Crippen molar-refractivity contribution < 1.29 is 9.13 Å². The van der Waals surface area contributed by atoms with Crippen LogP contribution in [0.25, 0.3) is 0 Å². The van der Waals surface area contributed by atoms with Crippen LogP contribution >= 0.6 is 11.6 Å². The Morgan fingerprint density at radius 2 is 2.39 bits per heavy atom. The maximum absolute atomic E-state index is 13.9. The van der Waals surface area contributed by atoms with Crippen LogP contribution in [0.2, 0.25) is 5.02 Å². The smallest absolute Gasteiger partial charge is 0.192 e. The lowest BCUT2D eigenvalue weighted by Crippen LogP contribution is -2.38. The van der Waals surface area contributed by atoms with Gasteiger partial charge in [-0.25, -0.2) is 4.39 Å². The number of guanidine groups is 1. The van der Waals surface area contributed by atoms with Gasteiger partial charge in [-0.15, -0.1) is 0 Å². The molecule has 1 aromatic rings. The number of benzene rings is 1. The van der Waals surface area contributed by atoms with Crippen molar-refractivity contribution in [2.45, 2.75) is 6.04 Å². The largest absolute Gasteiger partial charge is 0.383 e. The highest BCUT2D eigenvalue weighted by Gasteiger charge is 2.29. The van der Waals surface area contributed by atoms with Crippen molar-refractivity contribution in [3.05, 3.63) is 34.6 Å². The fourth-order valence-electron chi connectivity index (χ4n) is 2.03. The van der Waals surface area contributed by atoms with Crippen LogP contribution < -0.4 is 5.73 Å². The summed E-state index contributed by atoms with van der Waals surface area (Å²) >= 11 is 5.75. The number of ether oxygens (including phenoxy) is 1. The molecule has 1 aromatic carbocycles. The Morgan fingerprint density at radius 3 is 3.06 bits per heavy atom. The van der Waals surface area contributed by atoms with E-state index in [1.165, 1.54) is 6.07 Å². The number of hydrogen-bond donors (Lipinski definition) is 1. The first kappa shape index (κ1) is 13.1. The van der Waals surface area contributed by atoms with Gasteiger partial charge in [0.05, 0.1) is 19.2 Å². The van der Waals surface area contributed by atoms with E-state index in [9.17, 15) is 4.39 Å². The topological polar surface area (TPSA) is 50.9 Å². The molecular formula is C12H15ClFN3O. The monoisotopic (exact) mass is 271 g/mol. The van der Waals surface area contributed by atoms with E-state index in [-0.39, 0.29) is 11.9 Å². The molecule has 98 valence electrons. The second kappa shape index (κ2) is 5.54. The summed E-state index contributed by atoms with van der Waals surface area (Å²) in [5.74, 6) is 0.0891. The zero-order valence-corrected chi connectivity index (χ0v) is 10.8. The van der Waals surface area contributed by atoms with Crippen LogP contribution in [0.1, 0.15) is 11.6 Å². The minimum atomic E-state index is -0.334. The van der Waals surface area contributed by atoms with Crippen LogP contribution in [-0.4, -0.2) is 37.7 Å². The Hall–Kier alpha value is -1.33. The molecule has 0 radical (unpaired) electrons. The first-order chi connectivity index (χ1) is 8.63. The number of methoxy groups -OCH3 is 1.